The smallest absolute Gasteiger partial charge is 0.410 e. The van der Waals surface area contributed by atoms with E-state index in [1.54, 1.807) is 25.7 Å². The van der Waals surface area contributed by atoms with Gasteiger partial charge in [-0.2, -0.15) is 0 Å². The zero-order valence-electron chi connectivity index (χ0n) is 17.1. The number of sulfone groups is 1. The molecule has 1 fully saturated rings. The van der Waals surface area contributed by atoms with Gasteiger partial charge in [0.25, 0.3) is 0 Å². The lowest BCUT2D eigenvalue weighted by molar-refractivity contribution is -0.125. The maximum absolute atomic E-state index is 12.5. The van der Waals surface area contributed by atoms with E-state index in [0.717, 1.165) is 6.26 Å². The Balaban J connectivity index is 2.16. The molecule has 0 aromatic carbocycles. The molecule has 2 rings (SSSR count). The van der Waals surface area contributed by atoms with Gasteiger partial charge in [0.05, 0.1) is 36.3 Å². The number of aliphatic imine (C=N–C) groups is 1. The average Bonchev–Trinajstić information content (AvgIpc) is 2.86. The number of hydrogen-bond donors (Lipinski definition) is 1. The number of carbonyl (C=O) groups is 2. The fourth-order valence-electron chi connectivity index (χ4n) is 3.33. The molecule has 2 atom stereocenters. The second-order valence-corrected chi connectivity index (χ2v) is 10.6. The van der Waals surface area contributed by atoms with Gasteiger partial charge in [-0.05, 0) is 33.6 Å². The molecule has 0 saturated carbocycles. The van der Waals surface area contributed by atoms with E-state index in [4.69, 9.17) is 10.5 Å². The van der Waals surface area contributed by atoms with Crippen LogP contribution >= 0.6 is 0 Å². The molecule has 2 amide bonds. The lowest BCUT2D eigenvalue weighted by atomic mass is 10.1. The number of amides is 2. The van der Waals surface area contributed by atoms with Crippen molar-refractivity contribution in [2.75, 3.05) is 31.6 Å². The van der Waals surface area contributed by atoms with Crippen molar-refractivity contribution in [1.82, 2.24) is 9.80 Å². The minimum absolute atomic E-state index is 0.0549. The maximum Gasteiger partial charge on any atom is 0.410 e. The highest BCUT2D eigenvalue weighted by Crippen LogP contribution is 2.25. The fourth-order valence-corrected chi connectivity index (χ4v) is 4.41. The van der Waals surface area contributed by atoms with E-state index in [-0.39, 0.29) is 43.1 Å². The minimum Gasteiger partial charge on any atom is -0.444 e. The second kappa shape index (κ2) is 8.10. The van der Waals surface area contributed by atoms with E-state index >= 15 is 0 Å². The number of hydrogen-bond acceptors (Lipinski definition) is 7. The molecular formula is C18H30N4O5S. The second-order valence-electron chi connectivity index (χ2n) is 8.46. The summed E-state index contributed by atoms with van der Waals surface area (Å²) >= 11 is 0. The van der Waals surface area contributed by atoms with Crippen LogP contribution in [0.3, 0.4) is 0 Å². The summed E-state index contributed by atoms with van der Waals surface area (Å²) in [4.78, 5) is 32.5. The Morgan fingerprint density at radius 3 is 2.57 bits per heavy atom. The molecule has 28 heavy (non-hydrogen) atoms. The Kier molecular flexibility index (Phi) is 6.42. The van der Waals surface area contributed by atoms with Crippen molar-refractivity contribution in [2.24, 2.45) is 16.6 Å². The lowest BCUT2D eigenvalue weighted by Gasteiger charge is -2.35. The summed E-state index contributed by atoms with van der Waals surface area (Å²) in [5, 5.41) is 0. The van der Waals surface area contributed by atoms with Crippen LogP contribution in [0.4, 0.5) is 4.79 Å². The quantitative estimate of drug-likeness (QED) is 0.725. The molecule has 0 aromatic heterocycles. The minimum atomic E-state index is -3.19. The Labute approximate surface area is 166 Å². The standard InChI is InChI=1S/C18H30N4O5S/c1-12-8-20-14(10-21(12)17(24)27-18(2,3)4)15(7-19)22-9-13(6-16(22)23)11-28(5,25)26/h7,12-13H,6,8-11,19H2,1-5H3. The van der Waals surface area contributed by atoms with Gasteiger partial charge in [0, 0.05) is 25.4 Å². The van der Waals surface area contributed by atoms with Gasteiger partial charge >= 0.3 is 6.09 Å². The summed E-state index contributed by atoms with van der Waals surface area (Å²) in [5.74, 6) is -0.543. The summed E-state index contributed by atoms with van der Waals surface area (Å²) in [6.07, 6.45) is 2.14. The van der Waals surface area contributed by atoms with Crippen molar-refractivity contribution < 1.29 is 22.7 Å². The third kappa shape index (κ3) is 5.70. The van der Waals surface area contributed by atoms with Crippen LogP contribution < -0.4 is 5.73 Å². The number of likely N-dealkylation sites (tertiary alicyclic amines) is 1. The van der Waals surface area contributed by atoms with Gasteiger partial charge in [0.2, 0.25) is 5.91 Å². The van der Waals surface area contributed by atoms with Gasteiger partial charge < -0.3 is 15.4 Å². The molecule has 0 radical (unpaired) electrons. The summed E-state index contributed by atoms with van der Waals surface area (Å²) in [6.45, 7) is 8.05. The molecule has 2 N–H and O–H groups in total. The maximum atomic E-state index is 12.5. The van der Waals surface area contributed by atoms with Crippen LogP contribution in [0.15, 0.2) is 16.9 Å². The van der Waals surface area contributed by atoms with E-state index in [9.17, 15) is 18.0 Å². The zero-order valence-corrected chi connectivity index (χ0v) is 18.0. The van der Waals surface area contributed by atoms with Crippen LogP contribution in [0.2, 0.25) is 0 Å². The van der Waals surface area contributed by atoms with Gasteiger partial charge in [0.1, 0.15) is 15.4 Å². The lowest BCUT2D eigenvalue weighted by Crippen LogP contribution is -2.50. The summed E-state index contributed by atoms with van der Waals surface area (Å²) in [7, 11) is -3.19. The van der Waals surface area contributed by atoms with Crippen LogP contribution in [0.25, 0.3) is 0 Å². The monoisotopic (exact) mass is 414 g/mol. The first kappa shape index (κ1) is 22.2. The molecule has 0 aliphatic carbocycles. The number of ether oxygens (including phenoxy) is 1. The van der Waals surface area contributed by atoms with Gasteiger partial charge in [-0.25, -0.2) is 13.2 Å². The highest BCUT2D eigenvalue weighted by atomic mass is 32.2. The molecule has 0 spiro atoms. The van der Waals surface area contributed by atoms with E-state index in [1.165, 1.54) is 11.1 Å². The predicted octanol–water partition coefficient (Wildman–Crippen LogP) is 0.760. The molecular weight excluding hydrogens is 384 g/mol. The first-order chi connectivity index (χ1) is 12.8. The van der Waals surface area contributed by atoms with Crippen molar-refractivity contribution in [3.8, 4) is 0 Å². The van der Waals surface area contributed by atoms with E-state index < -0.39 is 21.5 Å². The number of nitrogens with zero attached hydrogens (tertiary/aromatic N) is 3. The molecule has 2 unspecified atom stereocenters. The van der Waals surface area contributed by atoms with Crippen LogP contribution in [-0.4, -0.2) is 79.2 Å². The normalized spacial score (nSPS) is 24.4. The topological polar surface area (TPSA) is 122 Å². The highest BCUT2D eigenvalue weighted by Gasteiger charge is 2.37. The average molecular weight is 415 g/mol. The Hall–Kier alpha value is -2.10. The highest BCUT2D eigenvalue weighted by molar-refractivity contribution is 7.90. The molecule has 0 aromatic rings. The fraction of sp³-hybridized carbons (Fsp3) is 0.722. The molecule has 2 aliphatic rings. The van der Waals surface area contributed by atoms with Crippen molar-refractivity contribution in [3.63, 3.8) is 0 Å². The first-order valence-electron chi connectivity index (χ1n) is 9.24. The summed E-state index contributed by atoms with van der Waals surface area (Å²) in [5.41, 5.74) is 6.10. The van der Waals surface area contributed by atoms with E-state index in [0.29, 0.717) is 18.0 Å². The zero-order chi connectivity index (χ0) is 21.3. The predicted molar refractivity (Wildman–Crippen MR) is 107 cm³/mol. The van der Waals surface area contributed by atoms with Crippen LogP contribution in [0.1, 0.15) is 34.1 Å². The Bertz CT molecular complexity index is 797. The third-order valence-electron chi connectivity index (χ3n) is 4.51. The number of nitrogens with two attached hydrogens (primary N) is 1. The molecule has 10 heteroatoms. The SMILES string of the molecule is CC1CN=C(C(=CN)N2CC(CS(C)(=O)=O)CC2=O)CN1C(=O)OC(C)(C)C. The largest absolute Gasteiger partial charge is 0.444 e. The molecule has 158 valence electrons. The van der Waals surface area contributed by atoms with Crippen LogP contribution in [0.5, 0.6) is 0 Å². The van der Waals surface area contributed by atoms with Gasteiger partial charge in [0.15, 0.2) is 0 Å². The van der Waals surface area contributed by atoms with E-state index in [1.807, 2.05) is 6.92 Å². The van der Waals surface area contributed by atoms with Crippen molar-refractivity contribution in [3.05, 3.63) is 11.9 Å². The number of carbonyl (C=O) groups excluding carboxylic acids is 2. The van der Waals surface area contributed by atoms with Crippen molar-refractivity contribution in [2.45, 2.75) is 45.8 Å². The van der Waals surface area contributed by atoms with Gasteiger partial charge in [-0.1, -0.05) is 0 Å². The third-order valence-corrected chi connectivity index (χ3v) is 5.59. The van der Waals surface area contributed by atoms with Crippen molar-refractivity contribution >= 4 is 27.5 Å². The Morgan fingerprint density at radius 1 is 1.39 bits per heavy atom. The molecule has 0 bridgehead atoms. The van der Waals surface area contributed by atoms with Gasteiger partial charge in [-0.15, -0.1) is 0 Å². The van der Waals surface area contributed by atoms with Gasteiger partial charge in [-0.3, -0.25) is 14.7 Å². The van der Waals surface area contributed by atoms with Crippen LogP contribution in [-0.2, 0) is 19.4 Å². The van der Waals surface area contributed by atoms with E-state index in [2.05, 4.69) is 4.99 Å². The molecule has 9 nitrogen and oxygen atoms in total. The summed E-state index contributed by atoms with van der Waals surface area (Å²) < 4.78 is 28.6. The molecule has 2 heterocycles. The summed E-state index contributed by atoms with van der Waals surface area (Å²) in [6, 6.07) is -0.148. The number of rotatable bonds is 4. The Morgan fingerprint density at radius 2 is 2.04 bits per heavy atom. The van der Waals surface area contributed by atoms with Crippen molar-refractivity contribution in [1.29, 1.82) is 0 Å². The molecule has 1 saturated heterocycles. The first-order valence-corrected chi connectivity index (χ1v) is 11.3. The molecule has 2 aliphatic heterocycles. The van der Waals surface area contributed by atoms with Crippen LogP contribution in [0, 0.1) is 5.92 Å².